The molecule has 0 saturated carbocycles. The lowest BCUT2D eigenvalue weighted by Crippen LogP contribution is -2.41. The van der Waals surface area contributed by atoms with Crippen molar-refractivity contribution in [2.24, 2.45) is 5.92 Å². The molecule has 1 fully saturated rings. The van der Waals surface area contributed by atoms with E-state index in [4.69, 9.17) is 9.47 Å². The van der Waals surface area contributed by atoms with E-state index < -0.39 is 17.6 Å². The van der Waals surface area contributed by atoms with Crippen LogP contribution in [-0.2, 0) is 9.59 Å². The number of benzene rings is 1. The Bertz CT molecular complexity index is 700. The van der Waals surface area contributed by atoms with E-state index in [1.165, 1.54) is 26.4 Å². The fraction of sp³-hybridized carbons (Fsp3) is 0.421. The number of amides is 1. The van der Waals surface area contributed by atoms with Crippen LogP contribution in [0.2, 0.25) is 0 Å². The third-order valence-corrected chi connectivity index (χ3v) is 4.19. The van der Waals surface area contributed by atoms with E-state index in [1.54, 1.807) is 23.1 Å². The van der Waals surface area contributed by atoms with E-state index in [0.717, 1.165) is 19.3 Å². The van der Waals surface area contributed by atoms with Gasteiger partial charge in [-0.15, -0.1) is 0 Å². The highest BCUT2D eigenvalue weighted by Gasteiger charge is 2.29. The van der Waals surface area contributed by atoms with E-state index >= 15 is 0 Å². The summed E-state index contributed by atoms with van der Waals surface area (Å²) in [5.41, 5.74) is 0.636. The van der Waals surface area contributed by atoms with Crippen LogP contribution in [0.25, 0.3) is 6.08 Å². The van der Waals surface area contributed by atoms with Crippen molar-refractivity contribution in [3.05, 3.63) is 29.8 Å². The van der Waals surface area contributed by atoms with Crippen molar-refractivity contribution in [3.8, 4) is 17.6 Å². The Morgan fingerprint density at radius 1 is 1.20 bits per heavy atom. The average molecular weight is 342 g/mol. The lowest BCUT2D eigenvalue weighted by Gasteiger charge is -2.27. The Morgan fingerprint density at radius 3 is 2.52 bits per heavy atom. The van der Waals surface area contributed by atoms with Gasteiger partial charge >= 0.3 is 0 Å². The quantitative estimate of drug-likeness (QED) is 0.586. The first kappa shape index (κ1) is 18.5. The van der Waals surface area contributed by atoms with Gasteiger partial charge in [0, 0.05) is 18.7 Å². The van der Waals surface area contributed by atoms with E-state index in [0.29, 0.717) is 30.2 Å². The number of nitriles is 1. The summed E-state index contributed by atoms with van der Waals surface area (Å²) in [5.74, 6) is -1.20. The highest BCUT2D eigenvalue weighted by atomic mass is 16.5. The zero-order chi connectivity index (χ0) is 18.2. The first-order valence-corrected chi connectivity index (χ1v) is 8.23. The molecule has 0 N–H and O–H groups in total. The van der Waals surface area contributed by atoms with Crippen LogP contribution in [-0.4, -0.2) is 43.9 Å². The topological polar surface area (TPSA) is 79.6 Å². The number of piperidine rings is 1. The molecule has 1 aromatic rings. The third kappa shape index (κ3) is 4.38. The highest BCUT2D eigenvalue weighted by Crippen LogP contribution is 2.31. The summed E-state index contributed by atoms with van der Waals surface area (Å²) < 4.78 is 10.5. The summed E-state index contributed by atoms with van der Waals surface area (Å²) in [6, 6.07) is 7.12. The summed E-state index contributed by atoms with van der Waals surface area (Å²) in [6.07, 6.45) is 5.69. The van der Waals surface area contributed by atoms with Crippen LogP contribution >= 0.6 is 0 Å². The predicted octanol–water partition coefficient (Wildman–Crippen LogP) is 2.44. The monoisotopic (exact) mass is 342 g/mol. The van der Waals surface area contributed by atoms with E-state index in [-0.39, 0.29) is 0 Å². The average Bonchev–Trinajstić information content (AvgIpc) is 2.66. The van der Waals surface area contributed by atoms with Crippen molar-refractivity contribution in [3.63, 3.8) is 0 Å². The number of carbonyl (C=O) groups is 2. The van der Waals surface area contributed by atoms with Gasteiger partial charge in [0.1, 0.15) is 0 Å². The molecule has 0 radical (unpaired) electrons. The van der Waals surface area contributed by atoms with E-state index in [9.17, 15) is 14.9 Å². The van der Waals surface area contributed by atoms with Crippen LogP contribution < -0.4 is 9.47 Å². The SMILES string of the molecule is COc1cccc(/C=C\C(=O)[C@H](C#N)C(=O)N2CCCCC2)c1OC. The zero-order valence-electron chi connectivity index (χ0n) is 14.5. The van der Waals surface area contributed by atoms with Crippen LogP contribution in [0.1, 0.15) is 24.8 Å². The Morgan fingerprint density at radius 2 is 1.92 bits per heavy atom. The van der Waals surface area contributed by atoms with E-state index in [1.807, 2.05) is 6.07 Å². The summed E-state index contributed by atoms with van der Waals surface area (Å²) >= 11 is 0. The summed E-state index contributed by atoms with van der Waals surface area (Å²) in [5, 5.41) is 9.28. The normalized spacial score (nSPS) is 15.5. The van der Waals surface area contributed by atoms with E-state index in [2.05, 4.69) is 0 Å². The summed E-state index contributed by atoms with van der Waals surface area (Å²) in [7, 11) is 3.04. The molecule has 1 heterocycles. The van der Waals surface area contributed by atoms with Gasteiger partial charge in [-0.2, -0.15) is 5.26 Å². The summed E-state index contributed by atoms with van der Waals surface area (Å²) in [6.45, 7) is 1.22. The van der Waals surface area contributed by atoms with Crippen LogP contribution in [0, 0.1) is 17.2 Å². The largest absolute Gasteiger partial charge is 0.493 e. The number of ketones is 1. The number of hydrogen-bond acceptors (Lipinski definition) is 5. The molecule has 1 atom stereocenters. The maximum Gasteiger partial charge on any atom is 0.247 e. The van der Waals surface area contributed by atoms with Gasteiger partial charge in [-0.1, -0.05) is 12.1 Å². The Labute approximate surface area is 147 Å². The molecule has 0 aromatic heterocycles. The molecule has 0 bridgehead atoms. The Kier molecular flexibility index (Phi) is 6.58. The molecule has 6 heteroatoms. The molecule has 132 valence electrons. The number of nitrogens with zero attached hydrogens (tertiary/aromatic N) is 2. The third-order valence-electron chi connectivity index (χ3n) is 4.19. The van der Waals surface area contributed by atoms with Crippen LogP contribution in [0.3, 0.4) is 0 Å². The van der Waals surface area contributed by atoms with Crippen molar-refractivity contribution in [2.45, 2.75) is 19.3 Å². The van der Waals surface area contributed by atoms with Gasteiger partial charge in [-0.25, -0.2) is 0 Å². The number of para-hydroxylation sites is 1. The van der Waals surface area contributed by atoms with Gasteiger partial charge in [-0.3, -0.25) is 9.59 Å². The number of hydrogen-bond donors (Lipinski definition) is 0. The number of rotatable bonds is 6. The van der Waals surface area contributed by atoms with Gasteiger partial charge in [-0.05, 0) is 37.5 Å². The molecular formula is C19H22N2O4. The zero-order valence-corrected chi connectivity index (χ0v) is 14.5. The molecule has 1 amide bonds. The predicted molar refractivity (Wildman–Crippen MR) is 93.1 cm³/mol. The van der Waals surface area contributed by atoms with Crippen molar-refractivity contribution in [2.75, 3.05) is 27.3 Å². The van der Waals surface area contributed by atoms with Crippen LogP contribution in [0.4, 0.5) is 0 Å². The first-order valence-electron chi connectivity index (χ1n) is 8.23. The number of methoxy groups -OCH3 is 2. The smallest absolute Gasteiger partial charge is 0.247 e. The molecule has 6 nitrogen and oxygen atoms in total. The fourth-order valence-electron chi connectivity index (χ4n) is 2.85. The fourth-order valence-corrected chi connectivity index (χ4v) is 2.85. The molecule has 1 aromatic carbocycles. The minimum absolute atomic E-state index is 0.408. The molecule has 1 aliphatic heterocycles. The summed E-state index contributed by atoms with van der Waals surface area (Å²) in [4.78, 5) is 26.4. The van der Waals surface area contributed by atoms with Gasteiger partial charge in [0.25, 0.3) is 0 Å². The number of ether oxygens (including phenoxy) is 2. The van der Waals surface area contributed by atoms with Crippen molar-refractivity contribution in [1.29, 1.82) is 5.26 Å². The first-order chi connectivity index (χ1) is 12.1. The minimum atomic E-state index is -1.30. The molecule has 25 heavy (non-hydrogen) atoms. The van der Waals surface area contributed by atoms with Crippen LogP contribution in [0.5, 0.6) is 11.5 Å². The van der Waals surface area contributed by atoms with Gasteiger partial charge < -0.3 is 14.4 Å². The molecule has 1 saturated heterocycles. The lowest BCUT2D eigenvalue weighted by molar-refractivity contribution is -0.138. The van der Waals surface area contributed by atoms with Gasteiger partial charge in [0.15, 0.2) is 23.2 Å². The number of allylic oxidation sites excluding steroid dienone is 1. The van der Waals surface area contributed by atoms with Crippen molar-refractivity contribution < 1.29 is 19.1 Å². The number of likely N-dealkylation sites (tertiary alicyclic amines) is 1. The second-order valence-electron chi connectivity index (χ2n) is 5.77. The molecule has 0 spiro atoms. The maximum atomic E-state index is 12.4. The van der Waals surface area contributed by atoms with Crippen molar-refractivity contribution in [1.82, 2.24) is 4.90 Å². The molecule has 0 aliphatic carbocycles. The highest BCUT2D eigenvalue weighted by molar-refractivity contribution is 6.10. The Hall–Kier alpha value is -2.81. The van der Waals surface area contributed by atoms with Crippen molar-refractivity contribution >= 4 is 17.8 Å². The number of carbonyl (C=O) groups excluding carboxylic acids is 2. The maximum absolute atomic E-state index is 12.4. The van der Waals surface area contributed by atoms with Gasteiger partial charge in [0.2, 0.25) is 5.91 Å². The molecule has 2 rings (SSSR count). The van der Waals surface area contributed by atoms with Gasteiger partial charge in [0.05, 0.1) is 20.3 Å². The molecular weight excluding hydrogens is 320 g/mol. The minimum Gasteiger partial charge on any atom is -0.493 e. The second kappa shape index (κ2) is 8.88. The molecule has 1 aliphatic rings. The Balaban J connectivity index is 2.15. The molecule has 0 unspecified atom stereocenters. The second-order valence-corrected chi connectivity index (χ2v) is 5.77. The lowest BCUT2D eigenvalue weighted by atomic mass is 10.0. The standard InChI is InChI=1S/C19H22N2O4/c1-24-17-8-6-7-14(18(17)25-2)9-10-16(22)15(13-20)19(23)21-11-4-3-5-12-21/h6-10,15H,3-5,11-12H2,1-2H3/b10-9-/t15-/m0/s1. The van der Waals surface area contributed by atoms with Crippen LogP contribution in [0.15, 0.2) is 24.3 Å².